The number of carbonyl (C=O) groups is 4. The standard InChI is InChI=1S/C54H58F3N7O4/c55-41-19-25-46(26-20-41)62(33-37-15-21-44(22-16-37)58-51(65)47-13-7-29-63(47)53(67)49(39-9-3-1-4-10-39)60-31-27-42(56)35-60)34-38-17-23-45(24-18-38)59-52(66)48-14-8-30-64(48)54(68)50(40-11-5-2-6-12-40)61-32-28-43(57)36-61/h1-6,9-12,15-26,42-43,47-50H,7-8,13-14,27-36H2,(H,58,65)(H,59,66)/t42-,43-,47+,48+,49+,50+/m1/s1. The van der Waals surface area contributed by atoms with Crippen LogP contribution in [0.5, 0.6) is 0 Å². The predicted molar refractivity (Wildman–Crippen MR) is 256 cm³/mol. The molecular weight excluding hydrogens is 868 g/mol. The van der Waals surface area contributed by atoms with E-state index >= 15 is 0 Å². The Bertz CT molecular complexity index is 2370. The number of anilines is 3. The molecule has 4 heterocycles. The highest BCUT2D eigenvalue weighted by Crippen LogP contribution is 2.34. The molecule has 0 radical (unpaired) electrons. The number of alkyl halides is 2. The molecule has 68 heavy (non-hydrogen) atoms. The molecule has 0 unspecified atom stereocenters. The average Bonchev–Trinajstić information content (AvgIpc) is 4.20. The van der Waals surface area contributed by atoms with Crippen molar-refractivity contribution in [1.82, 2.24) is 19.6 Å². The van der Waals surface area contributed by atoms with E-state index in [1.165, 1.54) is 12.1 Å². The summed E-state index contributed by atoms with van der Waals surface area (Å²) in [7, 11) is 0. The lowest BCUT2D eigenvalue weighted by Crippen LogP contribution is -2.48. The molecule has 4 aliphatic rings. The van der Waals surface area contributed by atoms with Gasteiger partial charge in [-0.2, -0.15) is 0 Å². The van der Waals surface area contributed by atoms with Crippen LogP contribution in [0.1, 0.15) is 72.9 Å². The summed E-state index contributed by atoms with van der Waals surface area (Å²) in [6.45, 7) is 3.12. The Labute approximate surface area is 395 Å². The first-order valence-electron chi connectivity index (χ1n) is 23.8. The van der Waals surface area contributed by atoms with Crippen molar-refractivity contribution >= 4 is 40.7 Å². The van der Waals surface area contributed by atoms with Gasteiger partial charge in [-0.25, -0.2) is 13.2 Å². The number of nitrogens with one attached hydrogen (secondary N) is 2. The SMILES string of the molecule is O=C(Nc1ccc(CN(Cc2ccc(NC(=O)[C@@H]3CCCN3C(=O)[C@H](c3ccccc3)N3CC[C@@H](F)C3)cc2)c2ccc(F)cc2)cc1)[C@@H]1CCCN1C(=O)[C@H](c1ccccc1)N1CC[C@@H](F)C1. The topological polar surface area (TPSA) is 109 Å². The van der Waals surface area contributed by atoms with Gasteiger partial charge >= 0.3 is 0 Å². The fourth-order valence-corrected chi connectivity index (χ4v) is 10.3. The van der Waals surface area contributed by atoms with Crippen LogP contribution in [-0.4, -0.2) is 107 Å². The second-order valence-corrected chi connectivity index (χ2v) is 18.5. The van der Waals surface area contributed by atoms with Crippen molar-refractivity contribution in [3.05, 3.63) is 162 Å². The van der Waals surface area contributed by atoms with E-state index in [2.05, 4.69) is 15.5 Å². The number of amides is 4. The number of benzene rings is 5. The molecule has 5 aromatic rings. The third-order valence-electron chi connectivity index (χ3n) is 13.8. The molecule has 6 atom stereocenters. The smallest absolute Gasteiger partial charge is 0.247 e. The van der Waals surface area contributed by atoms with Crippen molar-refractivity contribution in [2.24, 2.45) is 0 Å². The Morgan fingerprint density at radius 2 is 0.941 bits per heavy atom. The molecule has 4 saturated heterocycles. The van der Waals surface area contributed by atoms with Crippen LogP contribution >= 0.6 is 0 Å². The van der Waals surface area contributed by atoms with E-state index in [-0.39, 0.29) is 42.5 Å². The summed E-state index contributed by atoms with van der Waals surface area (Å²) in [4.78, 5) is 65.1. The van der Waals surface area contributed by atoms with Gasteiger partial charge in [-0.3, -0.25) is 29.0 Å². The summed E-state index contributed by atoms with van der Waals surface area (Å²) in [6.07, 6.45) is 1.20. The van der Waals surface area contributed by atoms with E-state index in [4.69, 9.17) is 0 Å². The van der Waals surface area contributed by atoms with Crippen molar-refractivity contribution in [1.29, 1.82) is 0 Å². The molecule has 0 aliphatic carbocycles. The van der Waals surface area contributed by atoms with E-state index in [9.17, 15) is 32.3 Å². The Morgan fingerprint density at radius 1 is 0.529 bits per heavy atom. The van der Waals surface area contributed by atoms with Crippen LogP contribution in [0.4, 0.5) is 30.2 Å². The van der Waals surface area contributed by atoms with Crippen LogP contribution in [-0.2, 0) is 32.3 Å². The van der Waals surface area contributed by atoms with E-state index in [1.54, 1.807) is 21.9 Å². The number of rotatable bonds is 15. The highest BCUT2D eigenvalue weighted by Gasteiger charge is 2.43. The van der Waals surface area contributed by atoms with E-state index in [0.717, 1.165) is 27.9 Å². The summed E-state index contributed by atoms with van der Waals surface area (Å²) in [5.41, 5.74) is 5.44. The van der Waals surface area contributed by atoms with Gasteiger partial charge in [0.25, 0.3) is 0 Å². The fourth-order valence-electron chi connectivity index (χ4n) is 10.3. The average molecular weight is 926 g/mol. The third kappa shape index (κ3) is 10.8. The van der Waals surface area contributed by atoms with Crippen LogP contribution in [0, 0.1) is 5.82 Å². The van der Waals surface area contributed by atoms with E-state index in [0.29, 0.717) is 89.2 Å². The zero-order valence-corrected chi connectivity index (χ0v) is 38.1. The maximum atomic E-state index is 14.4. The van der Waals surface area contributed by atoms with Gasteiger partial charge in [-0.05, 0) is 109 Å². The van der Waals surface area contributed by atoms with Crippen molar-refractivity contribution < 1.29 is 32.3 Å². The number of nitrogens with zero attached hydrogens (tertiary/aromatic N) is 5. The largest absolute Gasteiger partial charge is 0.363 e. The number of carbonyl (C=O) groups excluding carboxylic acids is 4. The first kappa shape index (κ1) is 46.6. The maximum absolute atomic E-state index is 14.4. The fraction of sp³-hybridized carbons (Fsp3) is 0.370. The molecule has 2 N–H and O–H groups in total. The molecular formula is C54H58F3N7O4. The molecule has 14 heteroatoms. The minimum absolute atomic E-state index is 0.180. The molecule has 5 aromatic carbocycles. The molecule has 354 valence electrons. The van der Waals surface area contributed by atoms with Gasteiger partial charge in [0.15, 0.2) is 0 Å². The zero-order valence-electron chi connectivity index (χ0n) is 38.1. The van der Waals surface area contributed by atoms with Gasteiger partial charge in [0.05, 0.1) is 0 Å². The second-order valence-electron chi connectivity index (χ2n) is 18.5. The minimum atomic E-state index is -0.991. The zero-order chi connectivity index (χ0) is 47.1. The van der Waals surface area contributed by atoms with Gasteiger partial charge in [-0.15, -0.1) is 0 Å². The normalized spacial score (nSPS) is 21.7. The lowest BCUT2D eigenvalue weighted by molar-refractivity contribution is -0.141. The van der Waals surface area contributed by atoms with Crippen molar-refractivity contribution in [3.63, 3.8) is 0 Å². The first-order valence-corrected chi connectivity index (χ1v) is 23.8. The maximum Gasteiger partial charge on any atom is 0.247 e. The van der Waals surface area contributed by atoms with Crippen LogP contribution < -0.4 is 15.5 Å². The highest BCUT2D eigenvalue weighted by molar-refractivity contribution is 5.99. The Hall–Kier alpha value is -6.51. The number of hydrogen-bond donors (Lipinski definition) is 2. The van der Waals surface area contributed by atoms with Gasteiger partial charge < -0.3 is 25.3 Å². The van der Waals surface area contributed by atoms with Crippen molar-refractivity contribution in [3.8, 4) is 0 Å². The molecule has 4 fully saturated rings. The number of likely N-dealkylation sites (tertiary alicyclic amines) is 4. The number of hydrogen-bond acceptors (Lipinski definition) is 7. The number of halogens is 3. The highest BCUT2D eigenvalue weighted by atomic mass is 19.1. The summed E-state index contributed by atoms with van der Waals surface area (Å²) in [5, 5.41) is 6.05. The molecule has 4 aliphatic heterocycles. The lowest BCUT2D eigenvalue weighted by atomic mass is 10.0. The molecule has 11 nitrogen and oxygen atoms in total. The van der Waals surface area contributed by atoms with Crippen molar-refractivity contribution in [2.75, 3.05) is 54.8 Å². The van der Waals surface area contributed by atoms with Gasteiger partial charge in [-0.1, -0.05) is 84.9 Å². The second kappa shape index (κ2) is 21.2. The minimum Gasteiger partial charge on any atom is -0.363 e. The molecule has 0 bridgehead atoms. The third-order valence-corrected chi connectivity index (χ3v) is 13.8. The quantitative estimate of drug-likeness (QED) is 0.109. The molecule has 9 rings (SSSR count). The summed E-state index contributed by atoms with van der Waals surface area (Å²) in [6, 6.07) is 37.5. The Kier molecular flexibility index (Phi) is 14.5. The summed E-state index contributed by atoms with van der Waals surface area (Å²) in [5.74, 6) is -1.26. The first-order chi connectivity index (χ1) is 33.1. The summed E-state index contributed by atoms with van der Waals surface area (Å²) >= 11 is 0. The Morgan fingerprint density at radius 3 is 1.32 bits per heavy atom. The summed E-state index contributed by atoms with van der Waals surface area (Å²) < 4.78 is 42.8. The molecule has 4 amide bonds. The Balaban J connectivity index is 0.832. The molecule has 0 aromatic heterocycles. The molecule has 0 saturated carbocycles. The van der Waals surface area contributed by atoms with Gasteiger partial charge in [0.1, 0.15) is 42.3 Å². The molecule has 0 spiro atoms. The van der Waals surface area contributed by atoms with Crippen molar-refractivity contribution in [2.45, 2.75) is 88.1 Å². The van der Waals surface area contributed by atoms with E-state index < -0.39 is 36.5 Å². The van der Waals surface area contributed by atoms with E-state index in [1.807, 2.05) is 119 Å². The van der Waals surface area contributed by atoms with Crippen LogP contribution in [0.15, 0.2) is 133 Å². The van der Waals surface area contributed by atoms with Crippen LogP contribution in [0.3, 0.4) is 0 Å². The van der Waals surface area contributed by atoms with Gasteiger partial charge in [0.2, 0.25) is 23.6 Å². The van der Waals surface area contributed by atoms with Gasteiger partial charge in [0, 0.05) is 69.4 Å². The monoisotopic (exact) mass is 925 g/mol. The van der Waals surface area contributed by atoms with Crippen LogP contribution in [0.2, 0.25) is 0 Å². The van der Waals surface area contributed by atoms with Crippen LogP contribution in [0.25, 0.3) is 0 Å². The lowest BCUT2D eigenvalue weighted by Gasteiger charge is -2.33. The predicted octanol–water partition coefficient (Wildman–Crippen LogP) is 8.46.